The standard InChI is InChI=1S/C14H22N2O3/c1-6-16-9(4)7-11(10(16)5)13(17)15-12(8(2)3)14(18)19/h7-8,12H,6H2,1-5H3,(H,15,17)(H,18,19)/t12-/m0/s1. The summed E-state index contributed by atoms with van der Waals surface area (Å²) in [5, 5.41) is 11.7. The number of carboxylic acids is 1. The number of aliphatic carboxylic acids is 1. The van der Waals surface area contributed by atoms with Crippen LogP contribution in [0.15, 0.2) is 6.07 Å². The monoisotopic (exact) mass is 266 g/mol. The van der Waals surface area contributed by atoms with Crippen molar-refractivity contribution in [3.05, 3.63) is 23.0 Å². The van der Waals surface area contributed by atoms with Crippen LogP contribution < -0.4 is 5.32 Å². The van der Waals surface area contributed by atoms with Gasteiger partial charge in [-0.25, -0.2) is 4.79 Å². The van der Waals surface area contributed by atoms with Gasteiger partial charge in [0.2, 0.25) is 0 Å². The summed E-state index contributed by atoms with van der Waals surface area (Å²) in [4.78, 5) is 23.3. The SMILES string of the molecule is CCn1c(C)cc(C(=O)N[C@H](C(=O)O)C(C)C)c1C. The lowest BCUT2D eigenvalue weighted by Crippen LogP contribution is -2.44. The van der Waals surface area contributed by atoms with Gasteiger partial charge in [-0.3, -0.25) is 4.79 Å². The highest BCUT2D eigenvalue weighted by Gasteiger charge is 2.25. The van der Waals surface area contributed by atoms with Gasteiger partial charge >= 0.3 is 5.97 Å². The van der Waals surface area contributed by atoms with Gasteiger partial charge < -0.3 is 15.0 Å². The molecule has 1 amide bonds. The second kappa shape index (κ2) is 5.91. The van der Waals surface area contributed by atoms with Crippen molar-refractivity contribution >= 4 is 11.9 Å². The molecule has 0 unspecified atom stereocenters. The number of hydrogen-bond donors (Lipinski definition) is 2. The molecule has 1 aromatic rings. The van der Waals surface area contributed by atoms with Crippen molar-refractivity contribution in [2.24, 2.45) is 5.92 Å². The lowest BCUT2D eigenvalue weighted by atomic mass is 10.0. The Kier molecular flexibility index (Phi) is 4.75. The lowest BCUT2D eigenvalue weighted by molar-refractivity contribution is -0.140. The molecule has 5 heteroatoms. The topological polar surface area (TPSA) is 71.3 Å². The van der Waals surface area contributed by atoms with E-state index in [1.807, 2.05) is 25.3 Å². The van der Waals surface area contributed by atoms with Crippen LogP contribution in [0.25, 0.3) is 0 Å². The summed E-state index contributed by atoms with van der Waals surface area (Å²) in [5.41, 5.74) is 2.42. The Labute approximate surface area is 113 Å². The van der Waals surface area contributed by atoms with E-state index < -0.39 is 12.0 Å². The van der Waals surface area contributed by atoms with Gasteiger partial charge in [-0.15, -0.1) is 0 Å². The van der Waals surface area contributed by atoms with Crippen molar-refractivity contribution in [1.82, 2.24) is 9.88 Å². The first kappa shape index (κ1) is 15.3. The maximum absolute atomic E-state index is 12.2. The molecule has 1 heterocycles. The molecule has 2 N–H and O–H groups in total. The fourth-order valence-electron chi connectivity index (χ4n) is 2.25. The number of amides is 1. The van der Waals surface area contributed by atoms with Gasteiger partial charge in [0, 0.05) is 17.9 Å². The molecule has 19 heavy (non-hydrogen) atoms. The summed E-state index contributed by atoms with van der Waals surface area (Å²) >= 11 is 0. The molecular formula is C14H22N2O3. The highest BCUT2D eigenvalue weighted by Crippen LogP contribution is 2.15. The first-order chi connectivity index (χ1) is 8.79. The van der Waals surface area contributed by atoms with Crippen molar-refractivity contribution in [3.8, 4) is 0 Å². The van der Waals surface area contributed by atoms with E-state index in [1.165, 1.54) is 0 Å². The molecule has 1 aromatic heterocycles. The number of rotatable bonds is 5. The van der Waals surface area contributed by atoms with Gasteiger partial charge in [0.05, 0.1) is 5.56 Å². The largest absolute Gasteiger partial charge is 0.480 e. The third-order valence-electron chi connectivity index (χ3n) is 3.35. The zero-order chi connectivity index (χ0) is 14.7. The van der Waals surface area contributed by atoms with Gasteiger partial charge in [0.25, 0.3) is 5.91 Å². The van der Waals surface area contributed by atoms with Gasteiger partial charge in [-0.2, -0.15) is 0 Å². The van der Waals surface area contributed by atoms with Crippen LogP contribution in [0.3, 0.4) is 0 Å². The Bertz CT molecular complexity index is 489. The minimum Gasteiger partial charge on any atom is -0.480 e. The van der Waals surface area contributed by atoms with Gasteiger partial charge in [0.15, 0.2) is 0 Å². The van der Waals surface area contributed by atoms with E-state index in [2.05, 4.69) is 5.32 Å². The summed E-state index contributed by atoms with van der Waals surface area (Å²) < 4.78 is 2.03. The van der Waals surface area contributed by atoms with Crippen molar-refractivity contribution in [2.45, 2.75) is 47.2 Å². The third kappa shape index (κ3) is 3.16. The summed E-state index contributed by atoms with van der Waals surface area (Å²) in [7, 11) is 0. The van der Waals surface area contributed by atoms with E-state index in [-0.39, 0.29) is 11.8 Å². The average molecular weight is 266 g/mol. The smallest absolute Gasteiger partial charge is 0.326 e. The maximum atomic E-state index is 12.2. The number of aryl methyl sites for hydroxylation is 1. The normalized spacial score (nSPS) is 12.5. The van der Waals surface area contributed by atoms with E-state index in [0.29, 0.717) is 5.56 Å². The maximum Gasteiger partial charge on any atom is 0.326 e. The zero-order valence-electron chi connectivity index (χ0n) is 12.2. The highest BCUT2D eigenvalue weighted by atomic mass is 16.4. The molecule has 1 atom stereocenters. The van der Waals surface area contributed by atoms with E-state index in [1.54, 1.807) is 19.9 Å². The number of carboxylic acid groups (broad SMARTS) is 1. The Morgan fingerprint density at radius 2 is 1.95 bits per heavy atom. The van der Waals surface area contributed by atoms with Gasteiger partial charge in [0.1, 0.15) is 6.04 Å². The first-order valence-corrected chi connectivity index (χ1v) is 6.50. The number of hydrogen-bond acceptors (Lipinski definition) is 2. The van der Waals surface area contributed by atoms with E-state index in [9.17, 15) is 9.59 Å². The predicted octanol–water partition coefficient (Wildman–Crippen LogP) is 1.96. The molecule has 0 aliphatic carbocycles. The van der Waals surface area contributed by atoms with E-state index in [4.69, 9.17) is 5.11 Å². The van der Waals surface area contributed by atoms with Crippen LogP contribution in [0.2, 0.25) is 0 Å². The molecule has 0 aliphatic rings. The summed E-state index contributed by atoms with van der Waals surface area (Å²) in [6.07, 6.45) is 0. The first-order valence-electron chi connectivity index (χ1n) is 6.50. The Morgan fingerprint density at radius 1 is 1.37 bits per heavy atom. The van der Waals surface area contributed by atoms with Gasteiger partial charge in [-0.05, 0) is 32.8 Å². The second-order valence-electron chi connectivity index (χ2n) is 5.06. The fraction of sp³-hybridized carbons (Fsp3) is 0.571. The third-order valence-corrected chi connectivity index (χ3v) is 3.35. The van der Waals surface area contributed by atoms with Crippen LogP contribution >= 0.6 is 0 Å². The second-order valence-corrected chi connectivity index (χ2v) is 5.06. The molecule has 0 fully saturated rings. The molecule has 0 saturated carbocycles. The van der Waals surface area contributed by atoms with Crippen LogP contribution in [-0.4, -0.2) is 27.6 Å². The van der Waals surface area contributed by atoms with E-state index in [0.717, 1.165) is 17.9 Å². The molecule has 0 aromatic carbocycles. The summed E-state index contributed by atoms with van der Waals surface area (Å²) in [5.74, 6) is -1.49. The van der Waals surface area contributed by atoms with E-state index >= 15 is 0 Å². The highest BCUT2D eigenvalue weighted by molar-refractivity contribution is 5.97. The van der Waals surface area contributed by atoms with Crippen molar-refractivity contribution in [3.63, 3.8) is 0 Å². The summed E-state index contributed by atoms with van der Waals surface area (Å²) in [6, 6.07) is 0.935. The van der Waals surface area contributed by atoms with Crippen molar-refractivity contribution in [2.75, 3.05) is 0 Å². The molecular weight excluding hydrogens is 244 g/mol. The van der Waals surface area contributed by atoms with Crippen LogP contribution in [-0.2, 0) is 11.3 Å². The summed E-state index contributed by atoms with van der Waals surface area (Å²) in [6.45, 7) is 10.1. The number of nitrogens with zero attached hydrogens (tertiary/aromatic N) is 1. The fourth-order valence-corrected chi connectivity index (χ4v) is 2.25. The molecule has 0 spiro atoms. The molecule has 106 valence electrons. The van der Waals surface area contributed by atoms with Crippen LogP contribution in [0.1, 0.15) is 42.5 Å². The quantitative estimate of drug-likeness (QED) is 0.855. The van der Waals surface area contributed by atoms with Gasteiger partial charge in [-0.1, -0.05) is 13.8 Å². The Morgan fingerprint density at radius 3 is 2.32 bits per heavy atom. The van der Waals surface area contributed by atoms with Crippen LogP contribution in [0.5, 0.6) is 0 Å². The van der Waals surface area contributed by atoms with Crippen LogP contribution in [0.4, 0.5) is 0 Å². The minimum absolute atomic E-state index is 0.156. The average Bonchev–Trinajstić information content (AvgIpc) is 2.60. The minimum atomic E-state index is -1.01. The number of aromatic nitrogens is 1. The molecule has 1 rings (SSSR count). The molecule has 0 aliphatic heterocycles. The number of carbonyl (C=O) groups excluding carboxylic acids is 1. The molecule has 0 radical (unpaired) electrons. The Balaban J connectivity index is 2.98. The van der Waals surface area contributed by atoms with Crippen molar-refractivity contribution < 1.29 is 14.7 Å². The molecule has 5 nitrogen and oxygen atoms in total. The lowest BCUT2D eigenvalue weighted by Gasteiger charge is -2.17. The Hall–Kier alpha value is -1.78. The number of nitrogens with one attached hydrogen (secondary N) is 1. The zero-order valence-corrected chi connectivity index (χ0v) is 12.2. The predicted molar refractivity (Wildman–Crippen MR) is 73.3 cm³/mol. The molecule has 0 bridgehead atoms. The van der Waals surface area contributed by atoms with Crippen molar-refractivity contribution in [1.29, 1.82) is 0 Å². The molecule has 0 saturated heterocycles. The van der Waals surface area contributed by atoms with Crippen LogP contribution in [0, 0.1) is 19.8 Å². The number of carbonyl (C=O) groups is 2.